The lowest BCUT2D eigenvalue weighted by molar-refractivity contribution is -0.126. The highest BCUT2D eigenvalue weighted by Crippen LogP contribution is 2.37. The van der Waals surface area contributed by atoms with E-state index in [0.29, 0.717) is 13.1 Å². The number of fused-ring (bicyclic) bond motifs is 1. The first-order valence-corrected chi connectivity index (χ1v) is 15.5. The highest BCUT2D eigenvalue weighted by atomic mass is 35.5. The lowest BCUT2D eigenvalue weighted by atomic mass is 10.1. The van der Waals surface area contributed by atoms with Gasteiger partial charge in [0, 0.05) is 31.9 Å². The molecule has 0 radical (unpaired) electrons. The lowest BCUT2D eigenvalue weighted by Crippen LogP contribution is -2.54. The molecule has 3 aromatic heterocycles. The molecule has 0 bridgehead atoms. The van der Waals surface area contributed by atoms with Gasteiger partial charge in [0.15, 0.2) is 10.7 Å². The predicted molar refractivity (Wildman–Crippen MR) is 159 cm³/mol. The van der Waals surface area contributed by atoms with Crippen LogP contribution in [0.2, 0.25) is 5.02 Å². The first-order valence-electron chi connectivity index (χ1n) is 13.6. The van der Waals surface area contributed by atoms with E-state index in [0.717, 1.165) is 16.7 Å². The van der Waals surface area contributed by atoms with Crippen molar-refractivity contribution in [2.24, 2.45) is 0 Å². The highest BCUT2D eigenvalue weighted by Gasteiger charge is 2.38. The van der Waals surface area contributed by atoms with Gasteiger partial charge in [-0.25, -0.2) is 36.5 Å². The second kappa shape index (κ2) is 11.3. The van der Waals surface area contributed by atoms with Crippen LogP contribution in [-0.2, 0) is 19.4 Å². The third-order valence-electron chi connectivity index (χ3n) is 7.69. The minimum absolute atomic E-state index is 0.0338. The molecule has 1 aromatic carbocycles. The van der Waals surface area contributed by atoms with Crippen LogP contribution < -0.4 is 10.6 Å². The van der Waals surface area contributed by atoms with Gasteiger partial charge in [0.05, 0.1) is 40.6 Å². The molecular formula is C29H25ClF2N6O5S. The Morgan fingerprint density at radius 1 is 1.14 bits per heavy atom. The van der Waals surface area contributed by atoms with E-state index >= 15 is 0 Å². The standard InChI is InChI=1S/C29H25ClF2N6O5S/c1-3-23(39)36-10-11-37(16(2)13-36)26-18-12-19(30)25(24-20(31)6-4-7-21(24)32)34-27(18)38(29(40)35-26)22-8-5-9-33-28(22)44(41,42)17-14-43-15-17/h3-9,12,16-17H,1,10-11,13-15H2,2H3/t16-/m0/s1. The number of nitrogens with zero attached hydrogens (tertiary/aromatic N) is 6. The van der Waals surface area contributed by atoms with Crippen molar-refractivity contribution in [1.82, 2.24) is 24.4 Å². The molecule has 1 atom stereocenters. The predicted octanol–water partition coefficient (Wildman–Crippen LogP) is 3.17. The normalized spacial score (nSPS) is 17.5. The Morgan fingerprint density at radius 3 is 2.50 bits per heavy atom. The van der Waals surface area contributed by atoms with Crippen LogP contribution in [-0.4, -0.2) is 82.9 Å². The average Bonchev–Trinajstić information content (AvgIpc) is 2.96. The molecule has 0 unspecified atom stereocenters. The van der Waals surface area contributed by atoms with Crippen molar-refractivity contribution in [2.45, 2.75) is 23.2 Å². The number of hydrogen-bond acceptors (Lipinski definition) is 9. The summed E-state index contributed by atoms with van der Waals surface area (Å²) in [6.45, 7) is 6.19. The van der Waals surface area contributed by atoms with Crippen LogP contribution in [0.4, 0.5) is 14.6 Å². The Bertz CT molecular complexity index is 1980. The van der Waals surface area contributed by atoms with Crippen molar-refractivity contribution in [3.05, 3.63) is 82.4 Å². The molecule has 5 heterocycles. The van der Waals surface area contributed by atoms with Crippen LogP contribution in [0.5, 0.6) is 0 Å². The van der Waals surface area contributed by atoms with Crippen LogP contribution in [0.25, 0.3) is 28.0 Å². The number of rotatable bonds is 6. The number of sulfone groups is 1. The van der Waals surface area contributed by atoms with E-state index in [-0.39, 0.29) is 65.0 Å². The smallest absolute Gasteiger partial charge is 0.355 e. The van der Waals surface area contributed by atoms with Crippen LogP contribution in [0.3, 0.4) is 0 Å². The van der Waals surface area contributed by atoms with Crippen molar-refractivity contribution in [2.75, 3.05) is 37.7 Å². The molecule has 4 aromatic rings. The van der Waals surface area contributed by atoms with Gasteiger partial charge in [-0.15, -0.1) is 0 Å². The number of aromatic nitrogens is 4. The summed E-state index contributed by atoms with van der Waals surface area (Å²) in [4.78, 5) is 42.5. The number of benzene rings is 1. The van der Waals surface area contributed by atoms with Crippen LogP contribution in [0.15, 0.2) is 65.1 Å². The van der Waals surface area contributed by atoms with Gasteiger partial charge in [-0.3, -0.25) is 4.79 Å². The number of carbonyl (C=O) groups is 1. The molecule has 1 amide bonds. The van der Waals surface area contributed by atoms with E-state index in [2.05, 4.69) is 21.5 Å². The van der Waals surface area contributed by atoms with Crippen molar-refractivity contribution < 1.29 is 26.7 Å². The van der Waals surface area contributed by atoms with Gasteiger partial charge in [0.25, 0.3) is 0 Å². The van der Waals surface area contributed by atoms with Crippen LogP contribution >= 0.6 is 11.6 Å². The molecule has 0 saturated carbocycles. The maximum absolute atomic E-state index is 15.0. The molecule has 0 N–H and O–H groups in total. The zero-order valence-electron chi connectivity index (χ0n) is 23.3. The summed E-state index contributed by atoms with van der Waals surface area (Å²) in [6.07, 6.45) is 2.50. The zero-order chi connectivity index (χ0) is 31.3. The summed E-state index contributed by atoms with van der Waals surface area (Å²) in [5.74, 6) is -1.95. The number of hydrogen-bond donors (Lipinski definition) is 0. The van der Waals surface area contributed by atoms with Gasteiger partial charge in [0.1, 0.15) is 22.7 Å². The van der Waals surface area contributed by atoms with Gasteiger partial charge >= 0.3 is 5.69 Å². The highest BCUT2D eigenvalue weighted by molar-refractivity contribution is 7.92. The number of ether oxygens (including phenoxy) is 1. The van der Waals surface area contributed by atoms with Crippen molar-refractivity contribution >= 4 is 44.2 Å². The topological polar surface area (TPSA) is 128 Å². The van der Waals surface area contributed by atoms with Crippen LogP contribution in [0, 0.1) is 11.6 Å². The van der Waals surface area contributed by atoms with Crippen molar-refractivity contribution in [3.8, 4) is 16.9 Å². The molecule has 2 fully saturated rings. The molecule has 0 spiro atoms. The summed E-state index contributed by atoms with van der Waals surface area (Å²) in [7, 11) is -4.06. The fourth-order valence-corrected chi connectivity index (χ4v) is 7.14. The molecule has 2 aliphatic heterocycles. The van der Waals surface area contributed by atoms with Gasteiger partial charge in [-0.05, 0) is 43.3 Å². The summed E-state index contributed by atoms with van der Waals surface area (Å²) in [5, 5.41) is -1.18. The van der Waals surface area contributed by atoms with E-state index in [4.69, 9.17) is 16.3 Å². The number of piperazine rings is 1. The Kier molecular flexibility index (Phi) is 7.68. The summed E-state index contributed by atoms with van der Waals surface area (Å²) < 4.78 is 62.9. The number of halogens is 3. The zero-order valence-corrected chi connectivity index (χ0v) is 24.9. The van der Waals surface area contributed by atoms with Gasteiger partial charge in [-0.2, -0.15) is 4.98 Å². The molecule has 6 rings (SSSR count). The Hall–Kier alpha value is -4.27. The fraction of sp³-hybridized carbons (Fsp3) is 0.276. The largest absolute Gasteiger partial charge is 0.379 e. The molecule has 11 nitrogen and oxygen atoms in total. The molecule has 15 heteroatoms. The lowest BCUT2D eigenvalue weighted by Gasteiger charge is -2.40. The molecule has 2 aliphatic rings. The first kappa shape index (κ1) is 29.8. The Balaban J connectivity index is 1.63. The summed E-state index contributed by atoms with van der Waals surface area (Å²) in [6, 6.07) is 7.17. The molecule has 44 heavy (non-hydrogen) atoms. The van der Waals surface area contributed by atoms with Gasteiger partial charge in [-0.1, -0.05) is 24.2 Å². The Morgan fingerprint density at radius 2 is 1.86 bits per heavy atom. The van der Waals surface area contributed by atoms with E-state index in [1.165, 1.54) is 36.5 Å². The maximum Gasteiger partial charge on any atom is 0.355 e. The summed E-state index contributed by atoms with van der Waals surface area (Å²) in [5.41, 5.74) is -2.01. The monoisotopic (exact) mass is 642 g/mol. The second-order valence-corrected chi connectivity index (χ2v) is 13.0. The Labute approximate surface area is 255 Å². The van der Waals surface area contributed by atoms with Crippen LogP contribution in [0.1, 0.15) is 6.92 Å². The second-order valence-electron chi connectivity index (χ2n) is 10.4. The quantitative estimate of drug-likeness (QED) is 0.291. The van der Waals surface area contributed by atoms with E-state index < -0.39 is 43.0 Å². The number of carbonyl (C=O) groups excluding carboxylic acids is 1. The third kappa shape index (κ3) is 4.92. The molecule has 2 saturated heterocycles. The van der Waals surface area contributed by atoms with E-state index in [1.54, 1.807) is 9.80 Å². The first-order chi connectivity index (χ1) is 21.0. The van der Waals surface area contributed by atoms with Crippen molar-refractivity contribution in [3.63, 3.8) is 0 Å². The minimum Gasteiger partial charge on any atom is -0.379 e. The van der Waals surface area contributed by atoms with E-state index in [1.807, 2.05) is 6.92 Å². The molecule has 0 aliphatic carbocycles. The summed E-state index contributed by atoms with van der Waals surface area (Å²) >= 11 is 6.61. The minimum atomic E-state index is -4.06. The average molecular weight is 643 g/mol. The number of pyridine rings is 2. The van der Waals surface area contributed by atoms with Gasteiger partial charge < -0.3 is 14.5 Å². The fourth-order valence-electron chi connectivity index (χ4n) is 5.37. The molecule has 228 valence electrons. The van der Waals surface area contributed by atoms with E-state index in [9.17, 15) is 26.8 Å². The maximum atomic E-state index is 15.0. The SMILES string of the molecule is C=CC(=O)N1CCN(c2nc(=O)n(-c3cccnc3S(=O)(=O)C3COC3)c3nc(-c4c(F)cccc4F)c(Cl)cc23)[C@@H](C)C1. The van der Waals surface area contributed by atoms with Gasteiger partial charge in [0.2, 0.25) is 15.7 Å². The van der Waals surface area contributed by atoms with Crippen molar-refractivity contribution in [1.29, 1.82) is 0 Å². The third-order valence-corrected chi connectivity index (χ3v) is 9.99. The number of amides is 1. The molecular weight excluding hydrogens is 618 g/mol. The number of anilines is 1.